The second-order valence-electron chi connectivity index (χ2n) is 6.52. The van der Waals surface area contributed by atoms with E-state index in [1.807, 2.05) is 50.2 Å². The third kappa shape index (κ3) is 3.60. The van der Waals surface area contributed by atoms with Crippen LogP contribution in [0, 0.1) is 13.8 Å². The molecular weight excluding hydrogens is 342 g/mol. The molecule has 136 valence electrons. The minimum absolute atomic E-state index is 0.129. The van der Waals surface area contributed by atoms with Crippen LogP contribution in [-0.2, 0) is 17.8 Å². The molecule has 6 nitrogen and oxygen atoms in total. The quantitative estimate of drug-likeness (QED) is 0.582. The maximum absolute atomic E-state index is 12.3. The van der Waals surface area contributed by atoms with Gasteiger partial charge in [-0.25, -0.2) is 0 Å². The monoisotopic (exact) mass is 361 g/mol. The maximum atomic E-state index is 12.3. The number of aryl methyl sites for hydroxylation is 2. The number of rotatable bonds is 5. The second kappa shape index (κ2) is 7.07. The Morgan fingerprint density at radius 2 is 1.89 bits per heavy atom. The van der Waals surface area contributed by atoms with Crippen LogP contribution in [0.4, 0.5) is 0 Å². The minimum Gasteiger partial charge on any atom is -0.464 e. The molecule has 4 rings (SSSR count). The van der Waals surface area contributed by atoms with E-state index in [0.717, 1.165) is 22.1 Å². The molecule has 0 saturated heterocycles. The van der Waals surface area contributed by atoms with Crippen LogP contribution in [0.1, 0.15) is 22.6 Å². The SMILES string of the molecule is Cc1cc2occ(CC(=O)NCc3nc(-c4ccccc4)no3)c2cc1C. The van der Waals surface area contributed by atoms with E-state index in [0.29, 0.717) is 11.7 Å². The van der Waals surface area contributed by atoms with E-state index < -0.39 is 0 Å². The van der Waals surface area contributed by atoms with Gasteiger partial charge in [0.15, 0.2) is 0 Å². The van der Waals surface area contributed by atoms with Crippen LogP contribution >= 0.6 is 0 Å². The third-order valence-electron chi connectivity index (χ3n) is 4.56. The molecule has 0 aliphatic rings. The lowest BCUT2D eigenvalue weighted by Crippen LogP contribution is -2.24. The van der Waals surface area contributed by atoms with E-state index in [-0.39, 0.29) is 18.9 Å². The highest BCUT2D eigenvalue weighted by atomic mass is 16.5. The zero-order valence-corrected chi connectivity index (χ0v) is 15.2. The first-order valence-electron chi connectivity index (χ1n) is 8.72. The van der Waals surface area contributed by atoms with Gasteiger partial charge in [-0.2, -0.15) is 4.98 Å². The number of fused-ring (bicyclic) bond motifs is 1. The first kappa shape index (κ1) is 17.0. The summed E-state index contributed by atoms with van der Waals surface area (Å²) in [5.41, 5.74) is 4.86. The fourth-order valence-corrected chi connectivity index (χ4v) is 2.91. The highest BCUT2D eigenvalue weighted by Crippen LogP contribution is 2.25. The van der Waals surface area contributed by atoms with Gasteiger partial charge in [0.1, 0.15) is 5.58 Å². The Hall–Kier alpha value is -3.41. The first-order chi connectivity index (χ1) is 13.1. The Morgan fingerprint density at radius 1 is 1.11 bits per heavy atom. The van der Waals surface area contributed by atoms with E-state index in [1.165, 1.54) is 11.1 Å². The van der Waals surface area contributed by atoms with E-state index in [4.69, 9.17) is 8.94 Å². The van der Waals surface area contributed by atoms with Crippen LogP contribution in [0.5, 0.6) is 0 Å². The molecule has 0 aliphatic carbocycles. The van der Waals surface area contributed by atoms with Crippen molar-refractivity contribution in [3.63, 3.8) is 0 Å². The number of nitrogens with zero attached hydrogens (tertiary/aromatic N) is 2. The highest BCUT2D eigenvalue weighted by Gasteiger charge is 2.13. The van der Waals surface area contributed by atoms with Gasteiger partial charge in [0.2, 0.25) is 17.6 Å². The summed E-state index contributed by atoms with van der Waals surface area (Å²) < 4.78 is 10.8. The van der Waals surface area contributed by atoms with Crippen LogP contribution in [0.3, 0.4) is 0 Å². The van der Waals surface area contributed by atoms with Crippen molar-refractivity contribution in [2.24, 2.45) is 0 Å². The Bertz CT molecular complexity index is 1100. The Morgan fingerprint density at radius 3 is 2.70 bits per heavy atom. The lowest BCUT2D eigenvalue weighted by atomic mass is 10.0. The molecule has 6 heteroatoms. The maximum Gasteiger partial charge on any atom is 0.246 e. The van der Waals surface area contributed by atoms with E-state index >= 15 is 0 Å². The molecule has 27 heavy (non-hydrogen) atoms. The van der Waals surface area contributed by atoms with Crippen LogP contribution in [0.2, 0.25) is 0 Å². The summed E-state index contributed by atoms with van der Waals surface area (Å²) in [6, 6.07) is 13.6. The van der Waals surface area contributed by atoms with Gasteiger partial charge in [-0.3, -0.25) is 4.79 Å². The van der Waals surface area contributed by atoms with Gasteiger partial charge in [-0.15, -0.1) is 0 Å². The predicted molar refractivity (Wildman–Crippen MR) is 101 cm³/mol. The minimum atomic E-state index is -0.129. The largest absolute Gasteiger partial charge is 0.464 e. The molecule has 0 unspecified atom stereocenters. The van der Waals surface area contributed by atoms with Gasteiger partial charge < -0.3 is 14.3 Å². The average molecular weight is 361 g/mol. The Balaban J connectivity index is 1.41. The summed E-state index contributed by atoms with van der Waals surface area (Å²) in [6.45, 7) is 4.27. The van der Waals surface area contributed by atoms with Crippen LogP contribution in [-0.4, -0.2) is 16.0 Å². The number of nitrogens with one attached hydrogen (secondary N) is 1. The van der Waals surface area contributed by atoms with Crippen molar-refractivity contribution in [3.05, 3.63) is 71.3 Å². The molecule has 1 amide bonds. The molecular formula is C21H19N3O3. The van der Waals surface area contributed by atoms with Gasteiger partial charge in [-0.1, -0.05) is 35.5 Å². The molecule has 0 fully saturated rings. The zero-order valence-electron chi connectivity index (χ0n) is 15.2. The van der Waals surface area contributed by atoms with Gasteiger partial charge in [0.05, 0.1) is 19.2 Å². The zero-order chi connectivity index (χ0) is 18.8. The van der Waals surface area contributed by atoms with Gasteiger partial charge in [-0.05, 0) is 37.1 Å². The van der Waals surface area contributed by atoms with Crippen molar-refractivity contribution in [2.75, 3.05) is 0 Å². The molecule has 0 atom stereocenters. The topological polar surface area (TPSA) is 81.2 Å². The first-order valence-corrected chi connectivity index (χ1v) is 8.72. The molecule has 4 aromatic rings. The fraction of sp³-hybridized carbons (Fsp3) is 0.190. The normalized spacial score (nSPS) is 11.0. The van der Waals surface area contributed by atoms with Crippen molar-refractivity contribution in [1.29, 1.82) is 0 Å². The molecule has 2 aromatic heterocycles. The van der Waals surface area contributed by atoms with Crippen LogP contribution in [0.15, 0.2) is 57.7 Å². The summed E-state index contributed by atoms with van der Waals surface area (Å²) in [5, 5.41) is 7.73. The van der Waals surface area contributed by atoms with Crippen LogP contribution in [0.25, 0.3) is 22.4 Å². The average Bonchev–Trinajstić information content (AvgIpc) is 3.29. The molecule has 0 bridgehead atoms. The van der Waals surface area contributed by atoms with Gasteiger partial charge >= 0.3 is 0 Å². The lowest BCUT2D eigenvalue weighted by Gasteiger charge is -2.02. The molecule has 2 heterocycles. The summed E-state index contributed by atoms with van der Waals surface area (Å²) in [6.07, 6.45) is 1.87. The van der Waals surface area contributed by atoms with Gasteiger partial charge in [0.25, 0.3) is 0 Å². The van der Waals surface area contributed by atoms with E-state index in [9.17, 15) is 4.79 Å². The number of carbonyl (C=O) groups is 1. The number of hydrogen-bond acceptors (Lipinski definition) is 5. The molecule has 2 aromatic carbocycles. The molecule has 1 N–H and O–H groups in total. The summed E-state index contributed by atoms with van der Waals surface area (Å²) >= 11 is 0. The number of benzene rings is 2. The standard InChI is InChI=1S/C21H19N3O3/c1-13-8-17-16(12-26-18(17)9-14(13)2)10-19(25)22-11-20-23-21(24-27-20)15-6-4-3-5-7-15/h3-9,12H,10-11H2,1-2H3,(H,22,25). The van der Waals surface area contributed by atoms with Crippen molar-refractivity contribution < 1.29 is 13.7 Å². The third-order valence-corrected chi connectivity index (χ3v) is 4.56. The predicted octanol–water partition coefficient (Wildman–Crippen LogP) is 3.96. The Labute approximate surface area is 156 Å². The lowest BCUT2D eigenvalue weighted by molar-refractivity contribution is -0.120. The molecule has 0 aliphatic heterocycles. The summed E-state index contributed by atoms with van der Waals surface area (Å²) in [5.74, 6) is 0.743. The number of furan rings is 1. The van der Waals surface area contributed by atoms with Crippen molar-refractivity contribution in [2.45, 2.75) is 26.8 Å². The molecule has 0 spiro atoms. The summed E-state index contributed by atoms with van der Waals surface area (Å²) in [4.78, 5) is 16.6. The fourth-order valence-electron chi connectivity index (χ4n) is 2.91. The van der Waals surface area contributed by atoms with E-state index in [2.05, 4.69) is 21.5 Å². The highest BCUT2D eigenvalue weighted by molar-refractivity contribution is 5.88. The second-order valence-corrected chi connectivity index (χ2v) is 6.52. The van der Waals surface area contributed by atoms with Crippen molar-refractivity contribution in [1.82, 2.24) is 15.5 Å². The van der Waals surface area contributed by atoms with Crippen molar-refractivity contribution in [3.8, 4) is 11.4 Å². The Kier molecular flexibility index (Phi) is 4.46. The number of amides is 1. The smallest absolute Gasteiger partial charge is 0.246 e. The molecule has 0 saturated carbocycles. The summed E-state index contributed by atoms with van der Waals surface area (Å²) in [7, 11) is 0. The number of carbonyl (C=O) groups excluding carboxylic acids is 1. The van der Waals surface area contributed by atoms with E-state index in [1.54, 1.807) is 6.26 Å². The van der Waals surface area contributed by atoms with Gasteiger partial charge in [0, 0.05) is 16.5 Å². The van der Waals surface area contributed by atoms with Crippen molar-refractivity contribution >= 4 is 16.9 Å². The number of aromatic nitrogens is 2. The number of hydrogen-bond donors (Lipinski definition) is 1. The molecule has 0 radical (unpaired) electrons. The van der Waals surface area contributed by atoms with Crippen LogP contribution < -0.4 is 5.32 Å².